The molecule has 35 heavy (non-hydrogen) atoms. The number of thioether (sulfide) groups is 1. The SMILES string of the molecule is CCOc1ccc(C=C2SC(=O)N(CCNC(=O)c3ccc(-n4ccnc4)cc3)C2=O)cc1OC. The van der Waals surface area contributed by atoms with Crippen molar-refractivity contribution in [1.29, 1.82) is 0 Å². The number of imidazole rings is 1. The topological polar surface area (TPSA) is 103 Å². The summed E-state index contributed by atoms with van der Waals surface area (Å²) in [4.78, 5) is 43.1. The van der Waals surface area contributed by atoms with Crippen LogP contribution < -0.4 is 14.8 Å². The number of hydrogen-bond donors (Lipinski definition) is 1. The van der Waals surface area contributed by atoms with E-state index in [0.717, 1.165) is 22.3 Å². The highest BCUT2D eigenvalue weighted by molar-refractivity contribution is 8.18. The molecule has 0 atom stereocenters. The van der Waals surface area contributed by atoms with Gasteiger partial charge in [-0.15, -0.1) is 0 Å². The number of rotatable bonds is 9. The molecule has 1 aromatic heterocycles. The molecule has 9 nitrogen and oxygen atoms in total. The van der Waals surface area contributed by atoms with Gasteiger partial charge in [0, 0.05) is 36.7 Å². The maximum absolute atomic E-state index is 12.8. The van der Waals surface area contributed by atoms with E-state index in [4.69, 9.17) is 9.47 Å². The van der Waals surface area contributed by atoms with Gasteiger partial charge in [-0.1, -0.05) is 6.07 Å². The number of nitrogens with zero attached hydrogens (tertiary/aromatic N) is 3. The van der Waals surface area contributed by atoms with Crippen molar-refractivity contribution < 1.29 is 23.9 Å². The van der Waals surface area contributed by atoms with Crippen LogP contribution in [0.15, 0.2) is 66.1 Å². The summed E-state index contributed by atoms with van der Waals surface area (Å²) < 4.78 is 12.7. The molecule has 2 aromatic carbocycles. The molecule has 1 saturated heterocycles. The lowest BCUT2D eigenvalue weighted by Gasteiger charge is -2.13. The van der Waals surface area contributed by atoms with Crippen LogP contribution >= 0.6 is 11.8 Å². The second kappa shape index (κ2) is 10.9. The summed E-state index contributed by atoms with van der Waals surface area (Å²) in [5.41, 5.74) is 2.07. The minimum absolute atomic E-state index is 0.0769. The fraction of sp³-hybridized carbons (Fsp3) is 0.200. The Labute approximate surface area is 206 Å². The molecule has 3 aromatic rings. The lowest BCUT2D eigenvalue weighted by atomic mass is 10.2. The third-order valence-electron chi connectivity index (χ3n) is 5.21. The van der Waals surface area contributed by atoms with Crippen molar-refractivity contribution in [3.63, 3.8) is 0 Å². The number of carbonyl (C=O) groups excluding carboxylic acids is 3. The molecule has 0 unspecified atom stereocenters. The quantitative estimate of drug-likeness (QED) is 0.454. The molecule has 1 fully saturated rings. The normalized spacial score (nSPS) is 14.5. The van der Waals surface area contributed by atoms with Crippen molar-refractivity contribution >= 4 is 34.9 Å². The standard InChI is InChI=1S/C25H24N4O5S/c1-3-34-20-9-4-17(14-21(20)33-2)15-22-24(31)29(25(32)35-22)13-11-27-23(30)18-5-7-19(8-6-18)28-12-10-26-16-28/h4-10,12,14-16H,3,11,13H2,1-2H3,(H,27,30). The van der Waals surface area contributed by atoms with Crippen LogP contribution in [0.5, 0.6) is 11.5 Å². The Bertz CT molecular complexity index is 1260. The summed E-state index contributed by atoms with van der Waals surface area (Å²) >= 11 is 0.866. The average molecular weight is 493 g/mol. The highest BCUT2D eigenvalue weighted by atomic mass is 32.2. The first-order valence-electron chi connectivity index (χ1n) is 10.9. The third kappa shape index (κ3) is 5.55. The Morgan fingerprint density at radius 3 is 2.63 bits per heavy atom. The van der Waals surface area contributed by atoms with Gasteiger partial charge in [0.15, 0.2) is 11.5 Å². The first-order valence-corrected chi connectivity index (χ1v) is 11.7. The Kier molecular flexibility index (Phi) is 7.51. The van der Waals surface area contributed by atoms with Gasteiger partial charge in [0.1, 0.15) is 0 Å². The van der Waals surface area contributed by atoms with Crippen LogP contribution in [0.25, 0.3) is 11.8 Å². The van der Waals surface area contributed by atoms with E-state index in [2.05, 4.69) is 10.3 Å². The van der Waals surface area contributed by atoms with Crippen molar-refractivity contribution in [2.45, 2.75) is 6.92 Å². The molecule has 0 radical (unpaired) electrons. The van der Waals surface area contributed by atoms with Crippen molar-refractivity contribution in [2.24, 2.45) is 0 Å². The molecule has 180 valence electrons. The van der Waals surface area contributed by atoms with Crippen LogP contribution in [0, 0.1) is 0 Å². The number of hydrogen-bond acceptors (Lipinski definition) is 7. The average Bonchev–Trinajstić information content (AvgIpc) is 3.50. The molecule has 0 saturated carbocycles. The van der Waals surface area contributed by atoms with Gasteiger partial charge >= 0.3 is 0 Å². The van der Waals surface area contributed by atoms with E-state index in [1.54, 1.807) is 48.9 Å². The molecule has 0 aliphatic carbocycles. The molecule has 1 N–H and O–H groups in total. The largest absolute Gasteiger partial charge is 0.493 e. The van der Waals surface area contributed by atoms with Gasteiger partial charge in [0.2, 0.25) is 0 Å². The number of nitrogens with one attached hydrogen (secondary N) is 1. The monoisotopic (exact) mass is 492 g/mol. The van der Waals surface area contributed by atoms with Crippen molar-refractivity contribution in [3.05, 3.63) is 77.2 Å². The van der Waals surface area contributed by atoms with Gasteiger partial charge in [0.05, 0.1) is 24.9 Å². The second-order valence-corrected chi connectivity index (χ2v) is 8.44. The molecule has 0 bridgehead atoms. The number of amides is 3. The van der Waals surface area contributed by atoms with Gasteiger partial charge < -0.3 is 19.4 Å². The van der Waals surface area contributed by atoms with E-state index in [1.807, 2.05) is 29.8 Å². The maximum atomic E-state index is 12.8. The summed E-state index contributed by atoms with van der Waals surface area (Å²) in [7, 11) is 1.54. The predicted octanol–water partition coefficient (Wildman–Crippen LogP) is 3.75. The van der Waals surface area contributed by atoms with Crippen LogP contribution in [0.3, 0.4) is 0 Å². The Balaban J connectivity index is 1.34. The molecule has 3 amide bonds. The van der Waals surface area contributed by atoms with E-state index in [-0.39, 0.29) is 24.2 Å². The van der Waals surface area contributed by atoms with Gasteiger partial charge in [0.25, 0.3) is 17.1 Å². The molecular formula is C25H24N4O5S. The zero-order chi connectivity index (χ0) is 24.8. The van der Waals surface area contributed by atoms with Crippen LogP contribution in [0.1, 0.15) is 22.8 Å². The lowest BCUT2D eigenvalue weighted by molar-refractivity contribution is -0.122. The highest BCUT2D eigenvalue weighted by Gasteiger charge is 2.34. The fourth-order valence-electron chi connectivity index (χ4n) is 3.47. The minimum atomic E-state index is -0.396. The molecule has 10 heteroatoms. The number of benzene rings is 2. The maximum Gasteiger partial charge on any atom is 0.293 e. The van der Waals surface area contributed by atoms with Crippen LogP contribution in [0.2, 0.25) is 0 Å². The van der Waals surface area contributed by atoms with Crippen molar-refractivity contribution in [1.82, 2.24) is 19.8 Å². The van der Waals surface area contributed by atoms with Gasteiger partial charge in [-0.05, 0) is 66.7 Å². The molecular weight excluding hydrogens is 468 g/mol. The lowest BCUT2D eigenvalue weighted by Crippen LogP contribution is -2.37. The first kappa shape index (κ1) is 24.1. The third-order valence-corrected chi connectivity index (χ3v) is 6.12. The van der Waals surface area contributed by atoms with E-state index < -0.39 is 5.91 Å². The smallest absolute Gasteiger partial charge is 0.293 e. The zero-order valence-electron chi connectivity index (χ0n) is 19.3. The zero-order valence-corrected chi connectivity index (χ0v) is 20.1. The van der Waals surface area contributed by atoms with Crippen LogP contribution in [0.4, 0.5) is 4.79 Å². The highest BCUT2D eigenvalue weighted by Crippen LogP contribution is 2.34. The summed E-state index contributed by atoms with van der Waals surface area (Å²) in [5, 5.41) is 2.38. The summed E-state index contributed by atoms with van der Waals surface area (Å²) in [6.07, 6.45) is 6.80. The van der Waals surface area contributed by atoms with E-state index >= 15 is 0 Å². The van der Waals surface area contributed by atoms with E-state index in [9.17, 15) is 14.4 Å². The number of ether oxygens (including phenoxy) is 2. The minimum Gasteiger partial charge on any atom is -0.493 e. The summed E-state index contributed by atoms with van der Waals surface area (Å²) in [6, 6.07) is 12.3. The second-order valence-electron chi connectivity index (χ2n) is 7.45. The van der Waals surface area contributed by atoms with Gasteiger partial charge in [-0.3, -0.25) is 19.3 Å². The molecule has 0 spiro atoms. The number of imide groups is 1. The van der Waals surface area contributed by atoms with E-state index in [1.165, 1.54) is 7.11 Å². The van der Waals surface area contributed by atoms with Gasteiger partial charge in [-0.2, -0.15) is 0 Å². The predicted molar refractivity (Wildman–Crippen MR) is 133 cm³/mol. The van der Waals surface area contributed by atoms with Gasteiger partial charge in [-0.25, -0.2) is 4.98 Å². The van der Waals surface area contributed by atoms with Crippen LogP contribution in [-0.4, -0.2) is 58.3 Å². The summed E-state index contributed by atoms with van der Waals surface area (Å²) in [6.45, 7) is 2.60. The fourth-order valence-corrected chi connectivity index (χ4v) is 4.34. The molecule has 1 aliphatic rings. The molecule has 4 rings (SSSR count). The number of aromatic nitrogens is 2. The Hall–Kier alpha value is -4.05. The number of methoxy groups -OCH3 is 1. The number of carbonyl (C=O) groups is 3. The van der Waals surface area contributed by atoms with E-state index in [0.29, 0.717) is 34.1 Å². The molecule has 2 heterocycles. The summed E-state index contributed by atoms with van der Waals surface area (Å²) in [5.74, 6) is 0.464. The first-order chi connectivity index (χ1) is 17.0. The van der Waals surface area contributed by atoms with Crippen molar-refractivity contribution in [2.75, 3.05) is 26.8 Å². The Morgan fingerprint density at radius 2 is 1.94 bits per heavy atom. The Morgan fingerprint density at radius 1 is 1.14 bits per heavy atom. The van der Waals surface area contributed by atoms with Crippen LogP contribution in [-0.2, 0) is 4.79 Å². The molecule has 1 aliphatic heterocycles. The van der Waals surface area contributed by atoms with Crippen molar-refractivity contribution in [3.8, 4) is 17.2 Å².